The van der Waals surface area contributed by atoms with Crippen molar-refractivity contribution in [2.75, 3.05) is 51.7 Å². The maximum absolute atomic E-state index is 13.9. The fraction of sp³-hybridized carbons (Fsp3) is 0.386. The lowest BCUT2D eigenvalue weighted by atomic mass is 9.87. The van der Waals surface area contributed by atoms with Crippen molar-refractivity contribution in [1.82, 2.24) is 35.3 Å². The standard InChI is InChI=1S/C44H46ClFN8O6/c1-60-39-22-36-32(41(49-24-48-36)50-29-5-7-35(46)34(45)20-29)21-33(39)37(3-2-14-47-25-55)53-17-10-26(11-18-53)23-52-15-12-27(13-16-52)28-4-6-30-31(19-28)44(59)54(43(30)58)38-8-9-40(56)51-42(38)57/h2-7,19-22,24-27,37-38H,8-18,23H2,1H3,(H,47,55)(H,48,49,50)(H,51,56,57)/b3-2+. The van der Waals surface area contributed by atoms with Crippen LogP contribution in [0.25, 0.3) is 10.9 Å². The minimum Gasteiger partial charge on any atom is -0.496 e. The summed E-state index contributed by atoms with van der Waals surface area (Å²) in [5, 5.41) is 8.98. The molecule has 16 heteroatoms. The second-order valence-electron chi connectivity index (χ2n) is 15.8. The van der Waals surface area contributed by atoms with Crippen molar-refractivity contribution in [2.24, 2.45) is 5.92 Å². The van der Waals surface area contributed by atoms with Crippen LogP contribution in [0.15, 0.2) is 67.0 Å². The Labute approximate surface area is 351 Å². The van der Waals surface area contributed by atoms with Crippen LogP contribution < -0.4 is 20.7 Å². The van der Waals surface area contributed by atoms with Crippen molar-refractivity contribution in [2.45, 2.75) is 56.5 Å². The lowest BCUT2D eigenvalue weighted by Gasteiger charge is -2.40. The summed E-state index contributed by atoms with van der Waals surface area (Å²) < 4.78 is 19.8. The molecular weight excluding hydrogens is 791 g/mol. The minimum atomic E-state index is -0.981. The third kappa shape index (κ3) is 8.47. The molecule has 2 atom stereocenters. The van der Waals surface area contributed by atoms with Gasteiger partial charge in [0.1, 0.15) is 29.8 Å². The summed E-state index contributed by atoms with van der Waals surface area (Å²) in [6.07, 6.45) is 10.2. The Morgan fingerprint density at radius 3 is 2.47 bits per heavy atom. The van der Waals surface area contributed by atoms with Crippen molar-refractivity contribution in [1.29, 1.82) is 0 Å². The summed E-state index contributed by atoms with van der Waals surface area (Å²) in [6.45, 7) is 4.90. The van der Waals surface area contributed by atoms with Crippen molar-refractivity contribution in [3.63, 3.8) is 0 Å². The second-order valence-corrected chi connectivity index (χ2v) is 16.2. The predicted molar refractivity (Wildman–Crippen MR) is 223 cm³/mol. The van der Waals surface area contributed by atoms with Gasteiger partial charge in [-0.2, -0.15) is 0 Å². The zero-order valence-corrected chi connectivity index (χ0v) is 33.9. The van der Waals surface area contributed by atoms with Gasteiger partial charge in [0.05, 0.1) is 34.8 Å². The van der Waals surface area contributed by atoms with E-state index in [1.807, 2.05) is 30.3 Å². The molecule has 0 saturated carbocycles. The largest absolute Gasteiger partial charge is 0.496 e. The summed E-state index contributed by atoms with van der Waals surface area (Å²) in [5.74, 6) is -0.530. The number of carbonyl (C=O) groups is 5. The zero-order valence-electron chi connectivity index (χ0n) is 33.2. The number of piperidine rings is 3. The van der Waals surface area contributed by atoms with Gasteiger partial charge in [0.2, 0.25) is 18.2 Å². The number of hydrogen-bond acceptors (Lipinski definition) is 11. The average Bonchev–Trinajstić information content (AvgIpc) is 3.50. The Morgan fingerprint density at radius 2 is 1.73 bits per heavy atom. The number of fused-ring (bicyclic) bond motifs is 2. The van der Waals surface area contributed by atoms with Gasteiger partial charge in [0.15, 0.2) is 0 Å². The molecule has 5 amide bonds. The summed E-state index contributed by atoms with van der Waals surface area (Å²) >= 11 is 6.07. The van der Waals surface area contributed by atoms with E-state index < -0.39 is 35.5 Å². The van der Waals surface area contributed by atoms with E-state index in [0.717, 1.165) is 79.8 Å². The van der Waals surface area contributed by atoms with Gasteiger partial charge in [-0.05, 0) is 112 Å². The number of nitrogens with one attached hydrogen (secondary N) is 3. The number of amides is 5. The molecule has 3 N–H and O–H groups in total. The zero-order chi connectivity index (χ0) is 41.9. The Hall–Kier alpha value is -5.77. The summed E-state index contributed by atoms with van der Waals surface area (Å²) in [4.78, 5) is 76.8. The maximum atomic E-state index is 13.9. The number of likely N-dealkylation sites (tertiary alicyclic amines) is 2. The lowest BCUT2D eigenvalue weighted by Crippen LogP contribution is -2.54. The van der Waals surface area contributed by atoms with Gasteiger partial charge in [0, 0.05) is 42.2 Å². The van der Waals surface area contributed by atoms with Crippen molar-refractivity contribution < 1.29 is 33.1 Å². The molecule has 312 valence electrons. The number of methoxy groups -OCH3 is 1. The minimum absolute atomic E-state index is 0.00102. The summed E-state index contributed by atoms with van der Waals surface area (Å²) in [6, 6.07) is 12.6. The Kier molecular flexibility index (Phi) is 12.2. The quantitative estimate of drug-likeness (QED) is 0.0673. The Bertz CT molecular complexity index is 2360. The first-order chi connectivity index (χ1) is 29.1. The van der Waals surface area contributed by atoms with E-state index in [4.69, 9.17) is 16.3 Å². The van der Waals surface area contributed by atoms with E-state index >= 15 is 0 Å². The van der Waals surface area contributed by atoms with E-state index in [1.54, 1.807) is 19.2 Å². The molecule has 3 aromatic carbocycles. The third-order valence-corrected chi connectivity index (χ3v) is 12.5. The Morgan fingerprint density at radius 1 is 0.950 bits per heavy atom. The van der Waals surface area contributed by atoms with Crippen LogP contribution in [0.2, 0.25) is 5.02 Å². The molecule has 0 radical (unpaired) electrons. The number of carbonyl (C=O) groups excluding carboxylic acids is 5. The van der Waals surface area contributed by atoms with Crippen LogP contribution in [0.4, 0.5) is 15.9 Å². The molecule has 0 aliphatic carbocycles. The highest BCUT2D eigenvalue weighted by atomic mass is 35.5. The van der Waals surface area contributed by atoms with Crippen LogP contribution in [0.3, 0.4) is 0 Å². The monoisotopic (exact) mass is 836 g/mol. The summed E-state index contributed by atoms with van der Waals surface area (Å²) in [5.41, 5.74) is 3.82. The number of anilines is 2. The fourth-order valence-corrected chi connectivity index (χ4v) is 9.20. The van der Waals surface area contributed by atoms with Gasteiger partial charge in [0.25, 0.3) is 11.8 Å². The van der Waals surface area contributed by atoms with E-state index in [9.17, 15) is 28.4 Å². The highest BCUT2D eigenvalue weighted by molar-refractivity contribution is 6.31. The molecule has 3 saturated heterocycles. The van der Waals surface area contributed by atoms with Crippen LogP contribution in [-0.2, 0) is 14.4 Å². The highest BCUT2D eigenvalue weighted by Crippen LogP contribution is 2.39. The number of imide groups is 2. The normalized spacial score (nSPS) is 20.1. The molecule has 1 aromatic heterocycles. The number of halogens is 2. The van der Waals surface area contributed by atoms with Crippen LogP contribution in [-0.4, -0.2) is 107 Å². The SMILES string of the molecule is COc1cc2ncnc(Nc3ccc(F)c(Cl)c3)c2cc1C(/C=C/CNC=O)N1CCC(CN2CCC(c3ccc4c(c3)C(=O)N(C3CCC(=O)NC3=O)C4=O)CC2)CC1. The molecule has 8 rings (SSSR count). The molecule has 4 aliphatic rings. The van der Waals surface area contributed by atoms with Crippen molar-refractivity contribution in [3.05, 3.63) is 100 Å². The van der Waals surface area contributed by atoms with E-state index in [-0.39, 0.29) is 29.8 Å². The lowest BCUT2D eigenvalue weighted by molar-refractivity contribution is -0.136. The number of rotatable bonds is 13. The topological polar surface area (TPSA) is 166 Å². The fourth-order valence-electron chi connectivity index (χ4n) is 9.02. The average molecular weight is 837 g/mol. The first-order valence-corrected chi connectivity index (χ1v) is 20.7. The Balaban J connectivity index is 0.913. The third-order valence-electron chi connectivity index (χ3n) is 12.2. The first-order valence-electron chi connectivity index (χ1n) is 20.3. The predicted octanol–water partition coefficient (Wildman–Crippen LogP) is 5.51. The van der Waals surface area contributed by atoms with Crippen molar-refractivity contribution in [3.8, 4) is 5.75 Å². The van der Waals surface area contributed by atoms with Gasteiger partial charge in [-0.25, -0.2) is 14.4 Å². The van der Waals surface area contributed by atoms with Gasteiger partial charge in [-0.3, -0.25) is 39.1 Å². The smallest absolute Gasteiger partial charge is 0.262 e. The van der Waals surface area contributed by atoms with Gasteiger partial charge < -0.3 is 20.3 Å². The van der Waals surface area contributed by atoms with Crippen LogP contribution >= 0.6 is 11.6 Å². The van der Waals surface area contributed by atoms with E-state index in [1.165, 1.54) is 18.5 Å². The molecule has 4 aromatic rings. The summed E-state index contributed by atoms with van der Waals surface area (Å²) in [7, 11) is 1.64. The number of ether oxygens (including phenoxy) is 1. The van der Waals surface area contributed by atoms with E-state index in [2.05, 4.69) is 41.8 Å². The molecule has 60 heavy (non-hydrogen) atoms. The number of nitrogens with zero attached hydrogens (tertiary/aromatic N) is 5. The molecule has 4 aliphatic heterocycles. The second kappa shape index (κ2) is 17.8. The molecule has 0 spiro atoms. The first kappa shape index (κ1) is 41.0. The molecule has 5 heterocycles. The van der Waals surface area contributed by atoms with Crippen LogP contribution in [0.5, 0.6) is 5.75 Å². The van der Waals surface area contributed by atoms with Gasteiger partial charge >= 0.3 is 0 Å². The van der Waals surface area contributed by atoms with Crippen molar-refractivity contribution >= 4 is 64.0 Å². The number of hydrogen-bond donors (Lipinski definition) is 3. The van der Waals surface area contributed by atoms with Gasteiger partial charge in [-0.15, -0.1) is 0 Å². The molecule has 2 unspecified atom stereocenters. The number of aromatic nitrogens is 2. The van der Waals surface area contributed by atoms with Gasteiger partial charge in [-0.1, -0.05) is 29.8 Å². The molecule has 14 nitrogen and oxygen atoms in total. The number of benzene rings is 3. The molecular formula is C44H46ClFN8O6. The van der Waals surface area contributed by atoms with Crippen LogP contribution in [0.1, 0.15) is 82.3 Å². The molecule has 3 fully saturated rings. The van der Waals surface area contributed by atoms with E-state index in [0.29, 0.717) is 52.8 Å². The molecule has 0 bridgehead atoms. The maximum Gasteiger partial charge on any atom is 0.262 e. The highest BCUT2D eigenvalue weighted by Gasteiger charge is 2.45. The van der Waals surface area contributed by atoms with Crippen LogP contribution in [0, 0.1) is 11.7 Å².